The molecule has 0 aliphatic heterocycles. The predicted octanol–water partition coefficient (Wildman–Crippen LogP) is 4.77. The van der Waals surface area contributed by atoms with Gasteiger partial charge in [-0.15, -0.1) is 0 Å². The maximum Gasteiger partial charge on any atom is 0.255 e. The van der Waals surface area contributed by atoms with E-state index >= 15 is 0 Å². The van der Waals surface area contributed by atoms with E-state index in [0.717, 1.165) is 0 Å². The van der Waals surface area contributed by atoms with Gasteiger partial charge in [0.05, 0.1) is 10.7 Å². The monoisotopic (exact) mass is 363 g/mol. The number of benzene rings is 2. The highest BCUT2D eigenvalue weighted by atomic mass is 79.9. The Balaban J connectivity index is 2.27. The first-order valence-electron chi connectivity index (χ1n) is 5.29. The van der Waals surface area contributed by atoms with Crippen LogP contribution in [-0.2, 0) is 0 Å². The second-order valence-electron chi connectivity index (χ2n) is 3.83. The molecule has 0 atom stereocenters. The van der Waals surface area contributed by atoms with Gasteiger partial charge in [0.1, 0.15) is 5.82 Å². The van der Waals surface area contributed by atoms with Crippen molar-refractivity contribution in [1.82, 2.24) is 0 Å². The van der Waals surface area contributed by atoms with E-state index in [9.17, 15) is 18.0 Å². The van der Waals surface area contributed by atoms with E-state index in [1.165, 1.54) is 12.1 Å². The Hall–Kier alpha value is -1.53. The normalized spacial score (nSPS) is 10.4. The van der Waals surface area contributed by atoms with Crippen LogP contribution in [0.1, 0.15) is 10.4 Å². The fourth-order valence-corrected chi connectivity index (χ4v) is 1.88. The first kappa shape index (κ1) is 14.9. The number of halogens is 5. The molecule has 1 N–H and O–H groups in total. The molecule has 2 nitrogen and oxygen atoms in total. The molecule has 2 aromatic rings. The Kier molecular flexibility index (Phi) is 4.35. The van der Waals surface area contributed by atoms with E-state index in [0.29, 0.717) is 21.6 Å². The van der Waals surface area contributed by atoms with Crippen LogP contribution in [0, 0.1) is 17.5 Å². The third-order valence-corrected chi connectivity index (χ3v) is 3.67. The summed E-state index contributed by atoms with van der Waals surface area (Å²) in [6, 6.07) is 5.28. The molecule has 0 bridgehead atoms. The van der Waals surface area contributed by atoms with Crippen LogP contribution in [0.2, 0.25) is 5.02 Å². The molecule has 2 rings (SSSR count). The standard InChI is InChI=1S/C13H6BrClF3NO/c14-7-2-1-6(3-8(7)15)13(20)19-12-5-10(17)9(16)4-11(12)18/h1-5H,(H,19,20). The molecule has 0 unspecified atom stereocenters. The van der Waals surface area contributed by atoms with Crippen molar-refractivity contribution in [2.45, 2.75) is 0 Å². The summed E-state index contributed by atoms with van der Waals surface area (Å²) in [4.78, 5) is 11.9. The van der Waals surface area contributed by atoms with Gasteiger partial charge in [0.25, 0.3) is 5.91 Å². The summed E-state index contributed by atoms with van der Waals surface area (Å²) in [7, 11) is 0. The minimum Gasteiger partial charge on any atom is -0.319 e. The Bertz CT molecular complexity index is 694. The largest absolute Gasteiger partial charge is 0.319 e. The molecule has 0 saturated carbocycles. The number of amides is 1. The molecule has 0 aromatic heterocycles. The third kappa shape index (κ3) is 3.13. The maximum absolute atomic E-state index is 13.4. The van der Waals surface area contributed by atoms with E-state index in [1.54, 1.807) is 6.07 Å². The van der Waals surface area contributed by atoms with Gasteiger partial charge in [-0.3, -0.25) is 4.79 Å². The molecule has 0 aliphatic carbocycles. The summed E-state index contributed by atoms with van der Waals surface area (Å²) < 4.78 is 39.8. The molecular weight excluding hydrogens is 359 g/mol. The van der Waals surface area contributed by atoms with E-state index in [1.807, 2.05) is 0 Å². The minimum absolute atomic E-state index is 0.155. The highest BCUT2D eigenvalue weighted by Crippen LogP contribution is 2.24. The van der Waals surface area contributed by atoms with Crippen LogP contribution >= 0.6 is 27.5 Å². The Morgan fingerprint density at radius 2 is 1.70 bits per heavy atom. The summed E-state index contributed by atoms with van der Waals surface area (Å²) >= 11 is 8.99. The number of carbonyl (C=O) groups is 1. The summed E-state index contributed by atoms with van der Waals surface area (Å²) in [6.45, 7) is 0. The number of carbonyl (C=O) groups excluding carboxylic acids is 1. The van der Waals surface area contributed by atoms with Crippen LogP contribution in [0.3, 0.4) is 0 Å². The maximum atomic E-state index is 13.4. The van der Waals surface area contributed by atoms with Gasteiger partial charge >= 0.3 is 0 Å². The first-order valence-corrected chi connectivity index (χ1v) is 6.46. The average Bonchev–Trinajstić information content (AvgIpc) is 2.39. The van der Waals surface area contributed by atoms with Gasteiger partial charge in [-0.2, -0.15) is 0 Å². The first-order chi connectivity index (χ1) is 9.38. The topological polar surface area (TPSA) is 29.1 Å². The van der Waals surface area contributed by atoms with Gasteiger partial charge in [0.2, 0.25) is 0 Å². The number of rotatable bonds is 2. The number of nitrogens with one attached hydrogen (secondary N) is 1. The van der Waals surface area contributed by atoms with Gasteiger partial charge < -0.3 is 5.32 Å². The second-order valence-corrected chi connectivity index (χ2v) is 5.09. The van der Waals surface area contributed by atoms with Crippen LogP contribution in [0.15, 0.2) is 34.8 Å². The lowest BCUT2D eigenvalue weighted by Crippen LogP contribution is -2.13. The van der Waals surface area contributed by atoms with E-state index < -0.39 is 29.0 Å². The van der Waals surface area contributed by atoms with Crippen molar-refractivity contribution in [1.29, 1.82) is 0 Å². The van der Waals surface area contributed by atoms with Crippen LogP contribution in [0.25, 0.3) is 0 Å². The minimum atomic E-state index is -1.33. The molecule has 104 valence electrons. The SMILES string of the molecule is O=C(Nc1cc(F)c(F)cc1F)c1ccc(Br)c(Cl)c1. The van der Waals surface area contributed by atoms with Crippen molar-refractivity contribution in [2.24, 2.45) is 0 Å². The highest BCUT2D eigenvalue weighted by Gasteiger charge is 2.14. The fraction of sp³-hybridized carbons (Fsp3) is 0. The molecule has 1 amide bonds. The Labute approximate surface area is 125 Å². The zero-order valence-electron chi connectivity index (χ0n) is 9.68. The fourth-order valence-electron chi connectivity index (χ4n) is 1.45. The van der Waals surface area contributed by atoms with Gasteiger partial charge in [-0.25, -0.2) is 13.2 Å². The highest BCUT2D eigenvalue weighted by molar-refractivity contribution is 9.10. The third-order valence-electron chi connectivity index (χ3n) is 2.44. The molecular formula is C13H6BrClF3NO. The number of anilines is 1. The van der Waals surface area contributed by atoms with Gasteiger partial charge in [-0.1, -0.05) is 11.6 Å². The van der Waals surface area contributed by atoms with E-state index in [4.69, 9.17) is 11.6 Å². The van der Waals surface area contributed by atoms with Crippen molar-refractivity contribution < 1.29 is 18.0 Å². The lowest BCUT2D eigenvalue weighted by atomic mass is 10.2. The zero-order chi connectivity index (χ0) is 14.9. The molecule has 0 spiro atoms. The average molecular weight is 365 g/mol. The Morgan fingerprint density at radius 1 is 1.05 bits per heavy atom. The van der Waals surface area contributed by atoms with Crippen LogP contribution in [-0.4, -0.2) is 5.91 Å². The molecule has 7 heteroatoms. The summed E-state index contributed by atoms with van der Waals surface area (Å²) in [5, 5.41) is 2.44. The van der Waals surface area contributed by atoms with Crippen molar-refractivity contribution in [3.05, 3.63) is 62.8 Å². The zero-order valence-corrected chi connectivity index (χ0v) is 12.0. The predicted molar refractivity (Wildman–Crippen MR) is 73.4 cm³/mol. The number of hydrogen-bond acceptors (Lipinski definition) is 1. The van der Waals surface area contributed by atoms with E-state index in [2.05, 4.69) is 21.2 Å². The van der Waals surface area contributed by atoms with Crippen LogP contribution in [0.5, 0.6) is 0 Å². The van der Waals surface area contributed by atoms with Crippen molar-refractivity contribution in [2.75, 3.05) is 5.32 Å². The summed E-state index contributed by atoms with van der Waals surface area (Å²) in [5.41, 5.74) is -0.296. The molecule has 2 aromatic carbocycles. The molecule has 0 radical (unpaired) electrons. The van der Waals surface area contributed by atoms with Crippen molar-refractivity contribution in [3.63, 3.8) is 0 Å². The summed E-state index contributed by atoms with van der Waals surface area (Å²) in [5.74, 6) is -4.34. The second kappa shape index (κ2) is 5.85. The smallest absolute Gasteiger partial charge is 0.255 e. The molecule has 20 heavy (non-hydrogen) atoms. The van der Waals surface area contributed by atoms with Gasteiger partial charge in [0, 0.05) is 22.2 Å². The van der Waals surface area contributed by atoms with Gasteiger partial charge in [0.15, 0.2) is 11.6 Å². The van der Waals surface area contributed by atoms with E-state index in [-0.39, 0.29) is 5.56 Å². The number of hydrogen-bond donors (Lipinski definition) is 1. The molecule has 0 saturated heterocycles. The molecule has 0 aliphatic rings. The Morgan fingerprint density at radius 3 is 2.35 bits per heavy atom. The van der Waals surface area contributed by atoms with Gasteiger partial charge in [-0.05, 0) is 34.1 Å². The van der Waals surface area contributed by atoms with Crippen molar-refractivity contribution >= 4 is 39.1 Å². The summed E-state index contributed by atoms with van der Waals surface area (Å²) in [6.07, 6.45) is 0. The van der Waals surface area contributed by atoms with Crippen LogP contribution in [0.4, 0.5) is 18.9 Å². The molecule has 0 fully saturated rings. The lowest BCUT2D eigenvalue weighted by Gasteiger charge is -2.08. The lowest BCUT2D eigenvalue weighted by molar-refractivity contribution is 0.102. The van der Waals surface area contributed by atoms with Crippen molar-refractivity contribution in [3.8, 4) is 0 Å². The molecule has 0 heterocycles. The van der Waals surface area contributed by atoms with Crippen LogP contribution < -0.4 is 5.32 Å². The quantitative estimate of drug-likeness (QED) is 0.764.